The molecule has 1 aromatic heterocycles. The van der Waals surface area contributed by atoms with Gasteiger partial charge in [-0.2, -0.15) is 37.0 Å². The summed E-state index contributed by atoms with van der Waals surface area (Å²) in [6.07, 6.45) is 3.25. The van der Waals surface area contributed by atoms with Gasteiger partial charge in [0.1, 0.15) is 18.5 Å². The molecule has 0 saturated carbocycles. The molecule has 0 aliphatic carbocycles. The third-order valence-corrected chi connectivity index (χ3v) is 7.79. The normalized spacial score (nSPS) is 16.4. The van der Waals surface area contributed by atoms with Crippen LogP contribution in [0.2, 0.25) is 0 Å². The van der Waals surface area contributed by atoms with Gasteiger partial charge in [-0.05, 0) is 77.7 Å². The summed E-state index contributed by atoms with van der Waals surface area (Å²) in [5, 5.41) is 0. The Labute approximate surface area is 264 Å². The molecule has 12 heteroatoms. The van der Waals surface area contributed by atoms with Crippen molar-refractivity contribution in [2.24, 2.45) is 0 Å². The van der Waals surface area contributed by atoms with E-state index in [1.807, 2.05) is 0 Å². The summed E-state index contributed by atoms with van der Waals surface area (Å²) >= 11 is 0. The zero-order chi connectivity index (χ0) is 29.4. The van der Waals surface area contributed by atoms with Crippen LogP contribution in [0, 0.1) is 20.4 Å². The van der Waals surface area contributed by atoms with Crippen molar-refractivity contribution in [2.45, 2.75) is 65.6 Å². The third kappa shape index (κ3) is 9.24. The number of carbonyl (C=O) groups is 1. The highest BCUT2D eigenvalue weighted by atomic mass is 32.1. The van der Waals surface area contributed by atoms with Crippen LogP contribution in [0.15, 0.2) is 30.6 Å². The molecule has 2 aromatic rings. The number of ether oxygens (including phenoxy) is 1. The summed E-state index contributed by atoms with van der Waals surface area (Å²) in [5.74, 6) is -1.13. The number of likely N-dealkylation sites (N-methyl/N-ethyl adjacent to an activating group) is 2. The van der Waals surface area contributed by atoms with Gasteiger partial charge in [0, 0.05) is 30.4 Å². The Bertz CT molecular complexity index is 1260. The number of hydrogen-bond acceptors (Lipinski definition) is 7. The van der Waals surface area contributed by atoms with Crippen LogP contribution in [0.25, 0.3) is 4.85 Å². The van der Waals surface area contributed by atoms with Crippen LogP contribution >= 0.6 is 27.0 Å². The van der Waals surface area contributed by atoms with Crippen molar-refractivity contribution >= 4 is 44.4 Å². The predicted molar refractivity (Wildman–Crippen MR) is 178 cm³/mol. The maximum atomic E-state index is 12.5. The number of nitrogens with zero attached hydrogens (tertiary/aromatic N) is 6. The second kappa shape index (κ2) is 17.2. The number of halogens is 1. The molecule has 1 saturated heterocycles. The number of amides is 1. The molecule has 2 aliphatic rings. The Hall–Kier alpha value is -3.01. The zero-order valence-electron chi connectivity index (χ0n) is 25.4. The summed E-state index contributed by atoms with van der Waals surface area (Å²) in [6.45, 7) is 21.3. The first-order valence-electron chi connectivity index (χ1n) is 13.8. The van der Waals surface area contributed by atoms with Crippen molar-refractivity contribution in [2.75, 3.05) is 50.5 Å². The van der Waals surface area contributed by atoms with E-state index in [4.69, 9.17) is 22.0 Å². The van der Waals surface area contributed by atoms with Crippen LogP contribution in [-0.4, -0.2) is 77.6 Å². The fourth-order valence-electron chi connectivity index (χ4n) is 5.19. The van der Waals surface area contributed by atoms with Gasteiger partial charge >= 0.3 is 6.01 Å². The monoisotopic (exact) mass is 619 g/mol. The number of nitrogen functional groups attached to an aromatic ring is 1. The standard InChI is InChI=1S/C21H29N5O.C9H13FN2O.2H2S/c1-14-6-4-8-19(15(14)2)26-11-9-17-18(12-26)23-21(24-20(17)22)27-13-16-7-5-10-25(16)3;1-5-12(7(2)6-11-4)9(13)8(3)10;;/h4,6,8,16H,5,7,9-13H2,1-3H3,(H2,22,23,24);7H,3,5-6H2,1-2H3;2*1H2/t16-;7-;;/m01../s1. The van der Waals surface area contributed by atoms with Gasteiger partial charge in [0.15, 0.2) is 5.83 Å². The lowest BCUT2D eigenvalue weighted by Gasteiger charge is -2.32. The number of hydrogen-bond donors (Lipinski definition) is 1. The molecule has 0 unspecified atom stereocenters. The van der Waals surface area contributed by atoms with E-state index in [1.54, 1.807) is 13.8 Å². The third-order valence-electron chi connectivity index (χ3n) is 7.79. The SMILES string of the molecule is Cc1cccc(N2CCc3c(N)nc(OC[C@@H]4CCCN4C)nc3C2)c1C.S.S.[C-]#[N+]C[C@@H](C)N(CC)C(=O)C(=C)F. The zero-order valence-corrected chi connectivity index (χ0v) is 27.4. The Balaban J connectivity index is 0.000000507. The molecule has 0 radical (unpaired) electrons. The van der Waals surface area contributed by atoms with Crippen LogP contribution in [-0.2, 0) is 17.8 Å². The van der Waals surface area contributed by atoms with Crippen LogP contribution in [0.4, 0.5) is 15.9 Å². The summed E-state index contributed by atoms with van der Waals surface area (Å²) in [4.78, 5) is 29.4. The van der Waals surface area contributed by atoms with Gasteiger partial charge in [-0.25, -0.2) is 11.0 Å². The second-order valence-electron chi connectivity index (χ2n) is 10.5. The number of fused-ring (bicyclic) bond motifs is 1. The molecule has 2 N–H and O–H groups in total. The van der Waals surface area contributed by atoms with Crippen molar-refractivity contribution in [1.29, 1.82) is 0 Å². The Morgan fingerprint density at radius 3 is 2.62 bits per heavy atom. The Kier molecular flexibility index (Phi) is 15.1. The first-order valence-corrected chi connectivity index (χ1v) is 13.8. The lowest BCUT2D eigenvalue weighted by molar-refractivity contribution is -0.130. The van der Waals surface area contributed by atoms with Crippen molar-refractivity contribution < 1.29 is 13.9 Å². The van der Waals surface area contributed by atoms with E-state index in [9.17, 15) is 9.18 Å². The van der Waals surface area contributed by atoms with E-state index < -0.39 is 11.7 Å². The highest BCUT2D eigenvalue weighted by molar-refractivity contribution is 7.59. The molecule has 9 nitrogen and oxygen atoms in total. The minimum atomic E-state index is -0.973. The fourth-order valence-corrected chi connectivity index (χ4v) is 5.19. The minimum Gasteiger partial charge on any atom is -0.462 e. The fraction of sp³-hybridized carbons (Fsp3) is 0.533. The Morgan fingerprint density at radius 1 is 1.31 bits per heavy atom. The summed E-state index contributed by atoms with van der Waals surface area (Å²) in [5.41, 5.74) is 12.2. The summed E-state index contributed by atoms with van der Waals surface area (Å²) in [7, 11) is 2.14. The molecular weight excluding hydrogens is 574 g/mol. The first-order chi connectivity index (χ1) is 19.1. The minimum absolute atomic E-state index is 0. The largest absolute Gasteiger partial charge is 0.462 e. The van der Waals surface area contributed by atoms with E-state index in [0.717, 1.165) is 43.7 Å². The molecule has 42 heavy (non-hydrogen) atoms. The number of likely N-dealkylation sites (tertiary alicyclic amines) is 1. The van der Waals surface area contributed by atoms with Crippen molar-refractivity contribution in [3.8, 4) is 6.01 Å². The van der Waals surface area contributed by atoms with Gasteiger partial charge in [0.2, 0.25) is 6.54 Å². The number of nitrogens with two attached hydrogens (primary N) is 1. The summed E-state index contributed by atoms with van der Waals surface area (Å²) < 4.78 is 18.4. The quantitative estimate of drug-likeness (QED) is 0.342. The van der Waals surface area contributed by atoms with Crippen molar-refractivity contribution in [3.63, 3.8) is 0 Å². The van der Waals surface area contributed by atoms with Gasteiger partial charge in [-0.1, -0.05) is 18.7 Å². The van der Waals surface area contributed by atoms with E-state index in [2.05, 4.69) is 65.3 Å². The maximum absolute atomic E-state index is 12.5. The van der Waals surface area contributed by atoms with E-state index in [1.165, 1.54) is 28.1 Å². The van der Waals surface area contributed by atoms with Gasteiger partial charge in [0.05, 0.1) is 12.2 Å². The Morgan fingerprint density at radius 2 is 2.02 bits per heavy atom. The molecule has 3 heterocycles. The van der Waals surface area contributed by atoms with Gasteiger partial charge < -0.3 is 30.0 Å². The summed E-state index contributed by atoms with van der Waals surface area (Å²) in [6, 6.07) is 7.05. The maximum Gasteiger partial charge on any atom is 0.318 e. The molecule has 2 aliphatic heterocycles. The highest BCUT2D eigenvalue weighted by Crippen LogP contribution is 2.30. The molecule has 1 fully saturated rings. The molecule has 0 bridgehead atoms. The van der Waals surface area contributed by atoms with Gasteiger partial charge in [-0.3, -0.25) is 4.79 Å². The smallest absolute Gasteiger partial charge is 0.318 e. The first kappa shape index (κ1) is 37.0. The average Bonchev–Trinajstić information content (AvgIpc) is 3.34. The van der Waals surface area contributed by atoms with Crippen LogP contribution in [0.5, 0.6) is 6.01 Å². The number of aryl methyl sites for hydroxylation is 1. The molecule has 4 rings (SSSR count). The van der Waals surface area contributed by atoms with Gasteiger partial charge in [-0.15, -0.1) is 0 Å². The predicted octanol–water partition coefficient (Wildman–Crippen LogP) is 4.56. The lowest BCUT2D eigenvalue weighted by Crippen LogP contribution is -2.40. The molecular formula is C30H46FN7O2S2. The molecule has 1 amide bonds. The number of anilines is 2. The number of rotatable bonds is 8. The molecule has 2 atom stereocenters. The number of aromatic nitrogens is 2. The second-order valence-corrected chi connectivity index (χ2v) is 10.5. The molecule has 1 aromatic carbocycles. The van der Waals surface area contributed by atoms with E-state index >= 15 is 0 Å². The molecule has 0 spiro atoms. The van der Waals surface area contributed by atoms with Crippen LogP contribution in [0.1, 0.15) is 49.1 Å². The average molecular weight is 620 g/mol. The topological polar surface area (TPSA) is 92.2 Å². The molecule has 232 valence electrons. The van der Waals surface area contributed by atoms with Gasteiger partial charge in [0.25, 0.3) is 5.91 Å². The van der Waals surface area contributed by atoms with Crippen molar-refractivity contribution in [1.82, 2.24) is 19.8 Å². The van der Waals surface area contributed by atoms with Crippen LogP contribution < -0.4 is 15.4 Å². The van der Waals surface area contributed by atoms with Crippen molar-refractivity contribution in [3.05, 3.63) is 64.4 Å². The van der Waals surface area contributed by atoms with E-state index in [-0.39, 0.29) is 39.6 Å². The number of benzene rings is 1. The highest BCUT2D eigenvalue weighted by Gasteiger charge is 2.25. The van der Waals surface area contributed by atoms with E-state index in [0.29, 0.717) is 31.0 Å². The van der Waals surface area contributed by atoms with Crippen LogP contribution in [0.3, 0.4) is 0 Å². The lowest BCUT2D eigenvalue weighted by atomic mass is 10.0. The number of carbonyl (C=O) groups excluding carboxylic acids is 1.